The number of hydrogen-bond donors (Lipinski definition) is 2. The van der Waals surface area contributed by atoms with Crippen LogP contribution in [0.5, 0.6) is 5.75 Å². The molecular weight excluding hydrogens is 372 g/mol. The molecular formula is C20H16N6OS. The molecule has 0 saturated heterocycles. The largest absolute Gasteiger partial charge is 0.497 e. The lowest BCUT2D eigenvalue weighted by atomic mass is 10.2. The number of nitriles is 1. The van der Waals surface area contributed by atoms with Crippen LogP contribution >= 0.6 is 11.8 Å². The lowest BCUT2D eigenvalue weighted by Crippen LogP contribution is -2.00. The maximum Gasteiger partial charge on any atom is 0.206 e. The van der Waals surface area contributed by atoms with Gasteiger partial charge in [-0.05, 0) is 42.1 Å². The average molecular weight is 388 g/mol. The summed E-state index contributed by atoms with van der Waals surface area (Å²) in [6.07, 6.45) is 1.91. The summed E-state index contributed by atoms with van der Waals surface area (Å²) in [5.74, 6) is 1.96. The Morgan fingerprint density at radius 1 is 1.18 bits per heavy atom. The van der Waals surface area contributed by atoms with E-state index in [4.69, 9.17) is 10.00 Å². The molecule has 7 nitrogen and oxygen atoms in total. The molecule has 0 bridgehead atoms. The van der Waals surface area contributed by atoms with E-state index >= 15 is 0 Å². The van der Waals surface area contributed by atoms with Crippen molar-refractivity contribution in [2.45, 2.75) is 16.5 Å². The summed E-state index contributed by atoms with van der Waals surface area (Å²) in [7, 11) is 1.64. The van der Waals surface area contributed by atoms with Crippen LogP contribution in [-0.4, -0.2) is 27.0 Å². The SMILES string of the molecule is COc1cccc(Sc2nc(Nc3ncc(CC#N)[nH]3)c3ccccc3n2)c1. The van der Waals surface area contributed by atoms with Gasteiger partial charge in [-0.25, -0.2) is 15.0 Å². The summed E-state index contributed by atoms with van der Waals surface area (Å²) in [5, 5.41) is 13.5. The second-order valence-corrected chi connectivity index (χ2v) is 6.91. The van der Waals surface area contributed by atoms with Crippen molar-refractivity contribution in [3.8, 4) is 11.8 Å². The van der Waals surface area contributed by atoms with Gasteiger partial charge in [-0.2, -0.15) is 5.26 Å². The van der Waals surface area contributed by atoms with Crippen LogP contribution in [0, 0.1) is 11.3 Å². The Hall–Kier alpha value is -3.57. The van der Waals surface area contributed by atoms with E-state index in [0.29, 0.717) is 16.9 Å². The van der Waals surface area contributed by atoms with Crippen molar-refractivity contribution in [2.24, 2.45) is 0 Å². The second kappa shape index (κ2) is 7.98. The standard InChI is InChI=1S/C20H16N6OS/c1-27-14-5-4-6-15(11-14)28-20-24-17-8-3-2-7-16(17)18(26-20)25-19-22-12-13(23-19)9-10-21/h2-8,11-12H,9H2,1H3,(H2,22,23,24,25,26). The summed E-state index contributed by atoms with van der Waals surface area (Å²) >= 11 is 1.45. The van der Waals surface area contributed by atoms with Gasteiger partial charge in [0.15, 0.2) is 5.16 Å². The zero-order valence-corrected chi connectivity index (χ0v) is 15.8. The third kappa shape index (κ3) is 3.89. The molecule has 0 fully saturated rings. The number of benzene rings is 2. The number of aromatic amines is 1. The van der Waals surface area contributed by atoms with Crippen molar-refractivity contribution in [1.82, 2.24) is 19.9 Å². The van der Waals surface area contributed by atoms with E-state index in [2.05, 4.69) is 31.3 Å². The van der Waals surface area contributed by atoms with E-state index in [-0.39, 0.29) is 6.42 Å². The molecule has 138 valence electrons. The van der Waals surface area contributed by atoms with Crippen molar-refractivity contribution >= 4 is 34.4 Å². The molecule has 8 heteroatoms. The average Bonchev–Trinajstić information content (AvgIpc) is 3.15. The maximum absolute atomic E-state index is 8.82. The van der Waals surface area contributed by atoms with Crippen LogP contribution in [0.15, 0.2) is 64.8 Å². The molecule has 2 aromatic heterocycles. The van der Waals surface area contributed by atoms with Crippen molar-refractivity contribution in [1.29, 1.82) is 5.26 Å². The normalized spacial score (nSPS) is 10.6. The lowest BCUT2D eigenvalue weighted by Gasteiger charge is -2.09. The van der Waals surface area contributed by atoms with Gasteiger partial charge < -0.3 is 15.0 Å². The fourth-order valence-corrected chi connectivity index (χ4v) is 3.49. The van der Waals surface area contributed by atoms with Crippen molar-refractivity contribution < 1.29 is 4.74 Å². The van der Waals surface area contributed by atoms with Gasteiger partial charge in [-0.15, -0.1) is 0 Å². The summed E-state index contributed by atoms with van der Waals surface area (Å²) in [6.45, 7) is 0. The molecule has 0 aliphatic rings. The van der Waals surface area contributed by atoms with Gasteiger partial charge in [-0.1, -0.05) is 18.2 Å². The lowest BCUT2D eigenvalue weighted by molar-refractivity contribution is 0.413. The molecule has 0 spiro atoms. The Kier molecular flexibility index (Phi) is 5.08. The molecule has 0 aliphatic carbocycles. The highest BCUT2D eigenvalue weighted by Crippen LogP contribution is 2.31. The minimum Gasteiger partial charge on any atom is -0.497 e. The number of nitrogens with zero attached hydrogens (tertiary/aromatic N) is 4. The number of aromatic nitrogens is 4. The topological polar surface area (TPSA) is 99.5 Å². The van der Waals surface area contributed by atoms with Crippen molar-refractivity contribution in [3.05, 3.63) is 60.4 Å². The van der Waals surface area contributed by atoms with Gasteiger partial charge in [0.05, 0.1) is 37.0 Å². The van der Waals surface area contributed by atoms with Crippen LogP contribution in [0.3, 0.4) is 0 Å². The van der Waals surface area contributed by atoms with E-state index in [1.165, 1.54) is 11.8 Å². The first kappa shape index (κ1) is 17.8. The molecule has 0 aliphatic heterocycles. The highest BCUT2D eigenvalue weighted by Gasteiger charge is 2.11. The Labute approximate surface area is 165 Å². The highest BCUT2D eigenvalue weighted by molar-refractivity contribution is 7.99. The van der Waals surface area contributed by atoms with E-state index in [0.717, 1.165) is 27.2 Å². The summed E-state index contributed by atoms with van der Waals surface area (Å²) in [4.78, 5) is 17.7. The third-order valence-corrected chi connectivity index (χ3v) is 4.82. The van der Waals surface area contributed by atoms with Crippen LogP contribution in [0.4, 0.5) is 11.8 Å². The van der Waals surface area contributed by atoms with E-state index in [9.17, 15) is 0 Å². The fourth-order valence-electron chi connectivity index (χ4n) is 2.68. The Balaban J connectivity index is 1.69. The second-order valence-electron chi connectivity index (χ2n) is 5.87. The highest BCUT2D eigenvalue weighted by atomic mass is 32.2. The number of H-pyrrole nitrogens is 1. The van der Waals surface area contributed by atoms with Gasteiger partial charge in [0.1, 0.15) is 11.6 Å². The van der Waals surface area contributed by atoms with E-state index < -0.39 is 0 Å². The fraction of sp³-hybridized carbons (Fsp3) is 0.100. The van der Waals surface area contributed by atoms with Gasteiger partial charge in [0, 0.05) is 10.3 Å². The number of para-hydroxylation sites is 1. The number of ether oxygens (including phenoxy) is 1. The number of fused-ring (bicyclic) bond motifs is 1. The number of methoxy groups -OCH3 is 1. The summed E-state index contributed by atoms with van der Waals surface area (Å²) < 4.78 is 5.29. The molecule has 4 rings (SSSR count). The smallest absolute Gasteiger partial charge is 0.206 e. The van der Waals surface area contributed by atoms with Crippen molar-refractivity contribution in [2.75, 3.05) is 12.4 Å². The number of anilines is 2. The number of imidazole rings is 1. The molecule has 2 heterocycles. The van der Waals surface area contributed by atoms with Gasteiger partial charge in [0.25, 0.3) is 0 Å². The Morgan fingerprint density at radius 2 is 2.07 bits per heavy atom. The maximum atomic E-state index is 8.82. The predicted octanol–water partition coefficient (Wildman–Crippen LogP) is 4.32. The first-order valence-corrected chi connectivity index (χ1v) is 9.33. The van der Waals surface area contributed by atoms with Gasteiger partial charge in [0.2, 0.25) is 5.95 Å². The Bertz CT molecular complexity index is 1170. The van der Waals surface area contributed by atoms with Gasteiger partial charge >= 0.3 is 0 Å². The van der Waals surface area contributed by atoms with Crippen LogP contribution in [0.25, 0.3) is 10.9 Å². The van der Waals surface area contributed by atoms with Crippen LogP contribution in [-0.2, 0) is 6.42 Å². The number of hydrogen-bond acceptors (Lipinski definition) is 7. The monoisotopic (exact) mass is 388 g/mol. The molecule has 2 N–H and O–H groups in total. The Morgan fingerprint density at radius 3 is 2.93 bits per heavy atom. The summed E-state index contributed by atoms with van der Waals surface area (Å²) in [6, 6.07) is 17.6. The molecule has 2 aromatic carbocycles. The molecule has 0 amide bonds. The number of nitrogens with one attached hydrogen (secondary N) is 2. The van der Waals surface area contributed by atoms with Gasteiger partial charge in [-0.3, -0.25) is 0 Å². The predicted molar refractivity (Wildman–Crippen MR) is 108 cm³/mol. The van der Waals surface area contributed by atoms with Crippen molar-refractivity contribution in [3.63, 3.8) is 0 Å². The third-order valence-electron chi connectivity index (χ3n) is 3.97. The molecule has 0 atom stereocenters. The number of rotatable bonds is 6. The van der Waals surface area contributed by atoms with E-state index in [1.807, 2.05) is 48.5 Å². The minimum absolute atomic E-state index is 0.274. The first-order valence-electron chi connectivity index (χ1n) is 8.51. The quantitative estimate of drug-likeness (QED) is 0.474. The molecule has 4 aromatic rings. The zero-order chi connectivity index (χ0) is 19.3. The molecule has 0 unspecified atom stereocenters. The first-order chi connectivity index (χ1) is 13.7. The van der Waals surface area contributed by atoms with E-state index in [1.54, 1.807) is 13.3 Å². The minimum atomic E-state index is 0.274. The van der Waals surface area contributed by atoms with Crippen LogP contribution in [0.1, 0.15) is 5.69 Å². The molecule has 0 saturated carbocycles. The van der Waals surface area contributed by atoms with Crippen LogP contribution in [0.2, 0.25) is 0 Å². The zero-order valence-electron chi connectivity index (χ0n) is 15.0. The van der Waals surface area contributed by atoms with Crippen LogP contribution < -0.4 is 10.1 Å². The molecule has 0 radical (unpaired) electrons. The molecule has 28 heavy (non-hydrogen) atoms. The summed E-state index contributed by atoms with van der Waals surface area (Å²) in [5.41, 5.74) is 1.57.